The molecule has 5 nitrogen and oxygen atoms in total. The molecule has 1 aromatic rings. The predicted molar refractivity (Wildman–Crippen MR) is 112 cm³/mol. The van der Waals surface area contributed by atoms with Crippen LogP contribution < -0.4 is 15.2 Å². The molecule has 2 rings (SSSR count). The molecule has 0 bridgehead atoms. The molecule has 6 heteroatoms. The predicted octanol–water partition coefficient (Wildman–Crippen LogP) is 4.28. The fourth-order valence-corrected chi connectivity index (χ4v) is 3.07. The fraction of sp³-hybridized carbons (Fsp3) is 0.667. The summed E-state index contributed by atoms with van der Waals surface area (Å²) in [6.45, 7) is 9.77. The highest BCUT2D eigenvalue weighted by Crippen LogP contribution is 2.32. The number of ether oxygens (including phenoxy) is 2. The molecule has 1 saturated heterocycles. The standard InChI is InChI=1S/C21H34N2O3.ClH/c1-4-6-12-25-18-9-8-17(14-19(18)26-13-7-5-2)20(24)23-11-10-21(3,15-22)16-23;/h8-9,14H,4-7,10-13,15-16,22H2,1-3H3;1H. The Morgan fingerprint density at radius 2 is 1.78 bits per heavy atom. The van der Waals surface area contributed by atoms with Gasteiger partial charge in [-0.3, -0.25) is 4.79 Å². The van der Waals surface area contributed by atoms with Crippen LogP contribution in [0, 0.1) is 5.41 Å². The summed E-state index contributed by atoms with van der Waals surface area (Å²) in [7, 11) is 0. The average molecular weight is 399 g/mol. The number of hydrogen-bond donors (Lipinski definition) is 1. The van der Waals surface area contributed by atoms with Gasteiger partial charge in [-0.1, -0.05) is 33.6 Å². The molecule has 1 fully saturated rings. The van der Waals surface area contributed by atoms with Crippen molar-refractivity contribution in [2.75, 3.05) is 32.8 Å². The van der Waals surface area contributed by atoms with Crippen LogP contribution in [0.3, 0.4) is 0 Å². The number of likely N-dealkylation sites (tertiary alicyclic amines) is 1. The highest BCUT2D eigenvalue weighted by Gasteiger charge is 2.35. The Labute approximate surface area is 170 Å². The van der Waals surface area contributed by atoms with Gasteiger partial charge in [0.25, 0.3) is 5.91 Å². The molecule has 1 heterocycles. The summed E-state index contributed by atoms with van der Waals surface area (Å²) in [6, 6.07) is 5.54. The first-order valence-electron chi connectivity index (χ1n) is 9.92. The maximum absolute atomic E-state index is 12.9. The minimum Gasteiger partial charge on any atom is -0.490 e. The van der Waals surface area contributed by atoms with Crippen LogP contribution in [-0.4, -0.2) is 43.7 Å². The first-order valence-corrected chi connectivity index (χ1v) is 9.92. The summed E-state index contributed by atoms with van der Waals surface area (Å²) in [5, 5.41) is 0. The maximum atomic E-state index is 12.9. The molecule has 0 aromatic heterocycles. The van der Waals surface area contributed by atoms with Crippen molar-refractivity contribution < 1.29 is 14.3 Å². The molecule has 1 unspecified atom stereocenters. The Hall–Kier alpha value is -1.46. The van der Waals surface area contributed by atoms with Gasteiger partial charge < -0.3 is 20.1 Å². The van der Waals surface area contributed by atoms with E-state index < -0.39 is 0 Å². The maximum Gasteiger partial charge on any atom is 0.254 e. The van der Waals surface area contributed by atoms with Gasteiger partial charge in [0.05, 0.1) is 13.2 Å². The van der Waals surface area contributed by atoms with Gasteiger partial charge in [0.15, 0.2) is 11.5 Å². The van der Waals surface area contributed by atoms with Crippen molar-refractivity contribution in [2.45, 2.75) is 52.9 Å². The number of nitrogens with zero attached hydrogens (tertiary/aromatic N) is 1. The molecule has 1 amide bonds. The number of rotatable bonds is 10. The minimum absolute atomic E-state index is 0. The van der Waals surface area contributed by atoms with E-state index in [1.807, 2.05) is 23.1 Å². The van der Waals surface area contributed by atoms with E-state index in [1.165, 1.54) is 0 Å². The summed E-state index contributed by atoms with van der Waals surface area (Å²) in [5.74, 6) is 1.43. The molecule has 1 atom stereocenters. The van der Waals surface area contributed by atoms with E-state index in [4.69, 9.17) is 15.2 Å². The van der Waals surface area contributed by atoms with Crippen molar-refractivity contribution in [3.05, 3.63) is 23.8 Å². The van der Waals surface area contributed by atoms with Crippen molar-refractivity contribution in [1.82, 2.24) is 4.90 Å². The van der Waals surface area contributed by atoms with Crippen molar-refractivity contribution in [3.63, 3.8) is 0 Å². The van der Waals surface area contributed by atoms with Crippen molar-refractivity contribution in [1.29, 1.82) is 0 Å². The zero-order valence-corrected chi connectivity index (χ0v) is 17.8. The normalized spacial score (nSPS) is 18.9. The number of carbonyl (C=O) groups excluding carboxylic acids is 1. The van der Waals surface area contributed by atoms with Crippen LogP contribution in [0.1, 0.15) is 63.2 Å². The minimum atomic E-state index is 0. The van der Waals surface area contributed by atoms with E-state index in [9.17, 15) is 4.79 Å². The zero-order valence-electron chi connectivity index (χ0n) is 17.0. The van der Waals surface area contributed by atoms with E-state index in [-0.39, 0.29) is 23.7 Å². The second-order valence-electron chi connectivity index (χ2n) is 7.56. The number of unbranched alkanes of at least 4 members (excludes halogenated alkanes) is 2. The lowest BCUT2D eigenvalue weighted by atomic mass is 9.90. The van der Waals surface area contributed by atoms with Crippen LogP contribution >= 0.6 is 12.4 Å². The Bertz CT molecular complexity index is 597. The largest absolute Gasteiger partial charge is 0.490 e. The van der Waals surface area contributed by atoms with Gasteiger partial charge in [-0.2, -0.15) is 0 Å². The topological polar surface area (TPSA) is 64.8 Å². The van der Waals surface area contributed by atoms with Gasteiger partial charge in [0.1, 0.15) is 0 Å². The SMILES string of the molecule is CCCCOc1ccc(C(=O)N2CCC(C)(CN)C2)cc1OCCCC.Cl. The molecular weight excluding hydrogens is 364 g/mol. The fourth-order valence-electron chi connectivity index (χ4n) is 3.07. The summed E-state index contributed by atoms with van der Waals surface area (Å²) in [4.78, 5) is 14.8. The monoisotopic (exact) mass is 398 g/mol. The molecule has 1 aromatic carbocycles. The molecule has 0 spiro atoms. The van der Waals surface area contributed by atoms with E-state index in [2.05, 4.69) is 20.8 Å². The van der Waals surface area contributed by atoms with Crippen molar-refractivity contribution in [2.24, 2.45) is 11.1 Å². The van der Waals surface area contributed by atoms with E-state index in [0.29, 0.717) is 37.6 Å². The first kappa shape index (κ1) is 23.6. The average Bonchev–Trinajstić information content (AvgIpc) is 3.05. The van der Waals surface area contributed by atoms with E-state index in [1.54, 1.807) is 0 Å². The van der Waals surface area contributed by atoms with Crippen LogP contribution in [0.5, 0.6) is 11.5 Å². The van der Waals surface area contributed by atoms with Gasteiger partial charge in [-0.05, 0) is 49.4 Å². The molecular formula is C21H35ClN2O3. The van der Waals surface area contributed by atoms with Gasteiger partial charge in [-0.15, -0.1) is 12.4 Å². The molecule has 27 heavy (non-hydrogen) atoms. The zero-order chi connectivity index (χ0) is 19.0. The third-order valence-electron chi connectivity index (χ3n) is 5.04. The smallest absolute Gasteiger partial charge is 0.254 e. The number of halogens is 1. The van der Waals surface area contributed by atoms with Gasteiger partial charge >= 0.3 is 0 Å². The number of hydrogen-bond acceptors (Lipinski definition) is 4. The van der Waals surface area contributed by atoms with Crippen LogP contribution in [0.15, 0.2) is 18.2 Å². The van der Waals surface area contributed by atoms with Gasteiger partial charge in [0.2, 0.25) is 0 Å². The second kappa shape index (κ2) is 11.4. The quantitative estimate of drug-likeness (QED) is 0.597. The summed E-state index contributed by atoms with van der Waals surface area (Å²) in [6.07, 6.45) is 5.08. The number of carbonyl (C=O) groups is 1. The Morgan fingerprint density at radius 3 is 2.33 bits per heavy atom. The molecule has 0 saturated carbocycles. The molecule has 1 aliphatic rings. The van der Waals surface area contributed by atoms with E-state index >= 15 is 0 Å². The highest BCUT2D eigenvalue weighted by atomic mass is 35.5. The molecule has 154 valence electrons. The number of benzene rings is 1. The molecule has 1 aliphatic heterocycles. The van der Waals surface area contributed by atoms with E-state index in [0.717, 1.165) is 44.4 Å². The second-order valence-corrected chi connectivity index (χ2v) is 7.56. The van der Waals surface area contributed by atoms with Crippen LogP contribution in [0.25, 0.3) is 0 Å². The lowest BCUT2D eigenvalue weighted by Crippen LogP contribution is -2.34. The van der Waals surface area contributed by atoms with Crippen LogP contribution in [-0.2, 0) is 0 Å². The van der Waals surface area contributed by atoms with Gasteiger partial charge in [0, 0.05) is 18.7 Å². The van der Waals surface area contributed by atoms with Gasteiger partial charge in [-0.25, -0.2) is 0 Å². The first-order chi connectivity index (χ1) is 12.5. The summed E-state index contributed by atoms with van der Waals surface area (Å²) >= 11 is 0. The highest BCUT2D eigenvalue weighted by molar-refractivity contribution is 5.95. The van der Waals surface area contributed by atoms with Crippen molar-refractivity contribution >= 4 is 18.3 Å². The third kappa shape index (κ3) is 6.58. The molecule has 0 radical (unpaired) electrons. The molecule has 2 N–H and O–H groups in total. The number of nitrogens with two attached hydrogens (primary N) is 1. The lowest BCUT2D eigenvalue weighted by Gasteiger charge is -2.23. The Kier molecular flexibility index (Phi) is 9.95. The van der Waals surface area contributed by atoms with Crippen LogP contribution in [0.4, 0.5) is 0 Å². The summed E-state index contributed by atoms with van der Waals surface area (Å²) in [5.41, 5.74) is 6.54. The molecule has 0 aliphatic carbocycles. The lowest BCUT2D eigenvalue weighted by molar-refractivity contribution is 0.0776. The third-order valence-corrected chi connectivity index (χ3v) is 5.04. The Balaban J connectivity index is 0.00000364. The van der Waals surface area contributed by atoms with Crippen molar-refractivity contribution in [3.8, 4) is 11.5 Å². The Morgan fingerprint density at radius 1 is 1.15 bits per heavy atom. The van der Waals surface area contributed by atoms with Crippen LogP contribution in [0.2, 0.25) is 0 Å². The summed E-state index contributed by atoms with van der Waals surface area (Å²) < 4.78 is 11.8. The number of amides is 1.